The van der Waals surface area contributed by atoms with Gasteiger partial charge in [-0.05, 0) is 32.5 Å². The summed E-state index contributed by atoms with van der Waals surface area (Å²) in [5.74, 6) is -1.15. The molecule has 0 fully saturated rings. The number of nitrogens with zero attached hydrogens (tertiary/aromatic N) is 1. The van der Waals surface area contributed by atoms with E-state index in [0.717, 1.165) is 23.2 Å². The highest BCUT2D eigenvalue weighted by atomic mass is 32.1. The van der Waals surface area contributed by atoms with Crippen LogP contribution >= 0.6 is 11.3 Å². The van der Waals surface area contributed by atoms with Gasteiger partial charge in [0.25, 0.3) is 0 Å². The molecule has 2 aromatic rings. The minimum atomic E-state index is -0.573. The number of aromatic nitrogens is 1. The van der Waals surface area contributed by atoms with E-state index in [0.29, 0.717) is 10.6 Å². The molecule has 19 heavy (non-hydrogen) atoms. The molecule has 1 aromatic heterocycles. The zero-order valence-corrected chi connectivity index (χ0v) is 11.9. The number of hydrogen-bond acceptors (Lipinski definition) is 3. The summed E-state index contributed by atoms with van der Waals surface area (Å²) in [5.41, 5.74) is 1.24. The molecule has 102 valence electrons. The summed E-state index contributed by atoms with van der Waals surface area (Å²) >= 11 is 1.44. The Morgan fingerprint density at radius 2 is 2.11 bits per heavy atom. The van der Waals surface area contributed by atoms with Crippen molar-refractivity contribution in [3.8, 4) is 10.6 Å². The Hall–Kier alpha value is -1.33. The van der Waals surface area contributed by atoms with Crippen LogP contribution in [0.2, 0.25) is 0 Å². The first-order valence-corrected chi connectivity index (χ1v) is 7.00. The topological polar surface area (TPSA) is 24.9 Å². The van der Waals surface area contributed by atoms with Gasteiger partial charge in [0.1, 0.15) is 16.6 Å². The first-order chi connectivity index (χ1) is 9.02. The lowest BCUT2D eigenvalue weighted by atomic mass is 10.2. The van der Waals surface area contributed by atoms with E-state index in [1.807, 2.05) is 13.8 Å². The van der Waals surface area contributed by atoms with Gasteiger partial charge < -0.3 is 5.32 Å². The minimum absolute atomic E-state index is 0.180. The van der Waals surface area contributed by atoms with E-state index >= 15 is 0 Å². The number of nitrogens with one attached hydrogen (secondary N) is 1. The molecule has 0 aliphatic heterocycles. The van der Waals surface area contributed by atoms with Crippen LogP contribution in [0.5, 0.6) is 0 Å². The molecule has 0 saturated heterocycles. The Bertz CT molecular complexity index is 581. The SMILES string of the molecule is CCNC(C)c1sc(-c2ccc(F)cc2F)nc1C. The second-order valence-corrected chi connectivity index (χ2v) is 5.40. The molecule has 0 bridgehead atoms. The summed E-state index contributed by atoms with van der Waals surface area (Å²) in [4.78, 5) is 5.47. The van der Waals surface area contributed by atoms with Gasteiger partial charge in [-0.1, -0.05) is 6.92 Å². The van der Waals surface area contributed by atoms with Gasteiger partial charge in [0.2, 0.25) is 0 Å². The third kappa shape index (κ3) is 2.98. The van der Waals surface area contributed by atoms with Gasteiger partial charge in [0.15, 0.2) is 0 Å². The molecule has 1 N–H and O–H groups in total. The molecule has 0 aliphatic carbocycles. The standard InChI is InChI=1S/C14H16F2N2S/c1-4-17-8(2)13-9(3)18-14(19-13)11-6-5-10(15)7-12(11)16/h5-8,17H,4H2,1-3H3. The van der Waals surface area contributed by atoms with Gasteiger partial charge in [-0.15, -0.1) is 11.3 Å². The lowest BCUT2D eigenvalue weighted by molar-refractivity contribution is 0.585. The molecule has 0 amide bonds. The molecule has 1 unspecified atom stereocenters. The van der Waals surface area contributed by atoms with Crippen LogP contribution in [-0.4, -0.2) is 11.5 Å². The fraction of sp³-hybridized carbons (Fsp3) is 0.357. The van der Waals surface area contributed by atoms with Gasteiger partial charge in [-0.2, -0.15) is 0 Å². The summed E-state index contributed by atoms with van der Waals surface area (Å²) in [5, 5.41) is 3.90. The molecule has 1 atom stereocenters. The summed E-state index contributed by atoms with van der Waals surface area (Å²) in [6.45, 7) is 6.85. The summed E-state index contributed by atoms with van der Waals surface area (Å²) < 4.78 is 26.6. The Morgan fingerprint density at radius 3 is 2.74 bits per heavy atom. The second-order valence-electron chi connectivity index (χ2n) is 4.37. The lowest BCUT2D eigenvalue weighted by Crippen LogP contribution is -2.17. The van der Waals surface area contributed by atoms with E-state index in [1.165, 1.54) is 23.5 Å². The molecular formula is C14H16F2N2S. The van der Waals surface area contributed by atoms with Crippen molar-refractivity contribution in [3.63, 3.8) is 0 Å². The fourth-order valence-corrected chi connectivity index (χ4v) is 3.11. The normalized spacial score (nSPS) is 12.7. The van der Waals surface area contributed by atoms with Crippen LogP contribution < -0.4 is 5.32 Å². The van der Waals surface area contributed by atoms with Crippen molar-refractivity contribution in [2.24, 2.45) is 0 Å². The summed E-state index contributed by atoms with van der Waals surface area (Å²) in [6.07, 6.45) is 0. The third-order valence-corrected chi connectivity index (χ3v) is 4.27. The number of halogens is 2. The number of thiazole rings is 1. The van der Waals surface area contributed by atoms with Crippen molar-refractivity contribution in [1.82, 2.24) is 10.3 Å². The minimum Gasteiger partial charge on any atom is -0.310 e. The molecule has 1 heterocycles. The summed E-state index contributed by atoms with van der Waals surface area (Å²) in [7, 11) is 0. The maximum absolute atomic E-state index is 13.7. The second kappa shape index (κ2) is 5.75. The van der Waals surface area contributed by atoms with Crippen LogP contribution in [0.4, 0.5) is 8.78 Å². The van der Waals surface area contributed by atoms with E-state index in [4.69, 9.17) is 0 Å². The van der Waals surface area contributed by atoms with Crippen molar-refractivity contribution in [1.29, 1.82) is 0 Å². The maximum atomic E-state index is 13.7. The van der Waals surface area contributed by atoms with Crippen LogP contribution in [0, 0.1) is 18.6 Å². The van der Waals surface area contributed by atoms with E-state index in [9.17, 15) is 8.78 Å². The molecule has 5 heteroatoms. The van der Waals surface area contributed by atoms with Crippen molar-refractivity contribution < 1.29 is 8.78 Å². The van der Waals surface area contributed by atoms with Crippen LogP contribution in [0.3, 0.4) is 0 Å². The van der Waals surface area contributed by atoms with Gasteiger partial charge in [-0.3, -0.25) is 0 Å². The Kier molecular flexibility index (Phi) is 4.27. The maximum Gasteiger partial charge on any atom is 0.136 e. The smallest absolute Gasteiger partial charge is 0.136 e. The average Bonchev–Trinajstić information content (AvgIpc) is 2.71. The zero-order chi connectivity index (χ0) is 14.0. The highest BCUT2D eigenvalue weighted by Crippen LogP contribution is 2.33. The van der Waals surface area contributed by atoms with Crippen LogP contribution in [0.1, 0.15) is 30.5 Å². The average molecular weight is 282 g/mol. The summed E-state index contributed by atoms with van der Waals surface area (Å²) in [6, 6.07) is 3.76. The Balaban J connectivity index is 2.39. The van der Waals surface area contributed by atoms with Gasteiger partial charge >= 0.3 is 0 Å². The monoisotopic (exact) mass is 282 g/mol. The molecule has 0 saturated carbocycles. The zero-order valence-electron chi connectivity index (χ0n) is 11.1. The van der Waals surface area contributed by atoms with Crippen LogP contribution in [0.15, 0.2) is 18.2 Å². The first kappa shape index (κ1) is 14.1. The molecule has 2 rings (SSSR count). The molecule has 0 spiro atoms. The Morgan fingerprint density at radius 1 is 1.37 bits per heavy atom. The van der Waals surface area contributed by atoms with Crippen molar-refractivity contribution in [3.05, 3.63) is 40.4 Å². The number of aryl methyl sites for hydroxylation is 1. The van der Waals surface area contributed by atoms with Crippen molar-refractivity contribution in [2.75, 3.05) is 6.54 Å². The van der Waals surface area contributed by atoms with E-state index < -0.39 is 11.6 Å². The van der Waals surface area contributed by atoms with Crippen molar-refractivity contribution >= 4 is 11.3 Å². The molecular weight excluding hydrogens is 266 g/mol. The van der Waals surface area contributed by atoms with Gasteiger partial charge in [0.05, 0.1) is 5.69 Å². The highest BCUT2D eigenvalue weighted by molar-refractivity contribution is 7.15. The number of benzene rings is 1. The Labute approximate surface area is 115 Å². The van der Waals surface area contributed by atoms with E-state index in [1.54, 1.807) is 0 Å². The molecule has 0 radical (unpaired) electrons. The third-order valence-electron chi connectivity index (χ3n) is 2.90. The predicted octanol–water partition coefficient (Wildman–Crippen LogP) is 4.07. The highest BCUT2D eigenvalue weighted by Gasteiger charge is 2.16. The molecule has 1 aromatic carbocycles. The van der Waals surface area contributed by atoms with Gasteiger partial charge in [-0.25, -0.2) is 13.8 Å². The van der Waals surface area contributed by atoms with E-state index in [2.05, 4.69) is 17.2 Å². The molecule has 0 aliphatic rings. The largest absolute Gasteiger partial charge is 0.310 e. The predicted molar refractivity (Wildman–Crippen MR) is 74.3 cm³/mol. The van der Waals surface area contributed by atoms with E-state index in [-0.39, 0.29) is 6.04 Å². The van der Waals surface area contributed by atoms with Gasteiger partial charge in [0, 0.05) is 22.5 Å². The first-order valence-electron chi connectivity index (χ1n) is 6.19. The number of hydrogen-bond donors (Lipinski definition) is 1. The fourth-order valence-electron chi connectivity index (χ4n) is 1.99. The number of rotatable bonds is 4. The van der Waals surface area contributed by atoms with Crippen LogP contribution in [-0.2, 0) is 0 Å². The van der Waals surface area contributed by atoms with Crippen LogP contribution in [0.25, 0.3) is 10.6 Å². The quantitative estimate of drug-likeness (QED) is 0.914. The molecule has 2 nitrogen and oxygen atoms in total. The lowest BCUT2D eigenvalue weighted by Gasteiger charge is -2.09. The van der Waals surface area contributed by atoms with Crippen molar-refractivity contribution in [2.45, 2.75) is 26.8 Å².